The minimum Gasteiger partial charge on any atom is -0.453 e. The number of hydrogen-bond donors (Lipinski definition) is 1. The molecule has 0 aliphatic heterocycles. The number of Topliss-reactive ketones (excluding diaryl/α,β-unsaturated/α-hetero) is 1. The molecule has 1 N–H and O–H groups in total. The van der Waals surface area contributed by atoms with Crippen LogP contribution < -0.4 is 5.32 Å². The zero-order valence-electron chi connectivity index (χ0n) is 15.0. The van der Waals surface area contributed by atoms with Crippen molar-refractivity contribution < 1.29 is 19.1 Å². The summed E-state index contributed by atoms with van der Waals surface area (Å²) in [6.07, 6.45) is -1.13. The summed E-state index contributed by atoms with van der Waals surface area (Å²) in [7, 11) is 0. The Morgan fingerprint density at radius 1 is 1.16 bits per heavy atom. The van der Waals surface area contributed by atoms with Crippen LogP contribution in [-0.2, 0) is 14.3 Å². The molecule has 0 fully saturated rings. The standard InChI is InChI=1S/C19H24N2O4/c1-13(2)19(4,12-20)21-18(24)14(3)25-17(23)11-10-16(22)15-8-6-5-7-9-15/h5-9,13-14H,10-11H2,1-4H3,(H,21,24)/t14-,19+/m0/s1. The van der Waals surface area contributed by atoms with Crippen molar-refractivity contribution in [1.29, 1.82) is 5.26 Å². The Bertz CT molecular complexity index is 664. The third-order valence-electron chi connectivity index (χ3n) is 4.10. The Morgan fingerprint density at radius 3 is 2.28 bits per heavy atom. The molecular formula is C19H24N2O4. The van der Waals surface area contributed by atoms with Crippen LogP contribution in [0.25, 0.3) is 0 Å². The van der Waals surface area contributed by atoms with Crippen molar-refractivity contribution >= 4 is 17.7 Å². The average molecular weight is 344 g/mol. The molecule has 0 aromatic heterocycles. The minimum atomic E-state index is -1.04. The van der Waals surface area contributed by atoms with Gasteiger partial charge in [0.15, 0.2) is 11.9 Å². The highest BCUT2D eigenvalue weighted by molar-refractivity contribution is 5.97. The summed E-state index contributed by atoms with van der Waals surface area (Å²) in [4.78, 5) is 35.9. The molecule has 6 heteroatoms. The molecule has 2 atom stereocenters. The van der Waals surface area contributed by atoms with E-state index in [0.29, 0.717) is 5.56 Å². The van der Waals surface area contributed by atoms with E-state index in [2.05, 4.69) is 11.4 Å². The predicted octanol–water partition coefficient (Wildman–Crippen LogP) is 2.64. The van der Waals surface area contributed by atoms with Gasteiger partial charge < -0.3 is 10.1 Å². The number of esters is 1. The molecule has 25 heavy (non-hydrogen) atoms. The Balaban J connectivity index is 2.50. The van der Waals surface area contributed by atoms with Crippen LogP contribution in [0.3, 0.4) is 0 Å². The van der Waals surface area contributed by atoms with E-state index in [0.717, 1.165) is 0 Å². The molecule has 0 aliphatic carbocycles. The van der Waals surface area contributed by atoms with Gasteiger partial charge in [-0.15, -0.1) is 0 Å². The van der Waals surface area contributed by atoms with Crippen LogP contribution in [0.1, 0.15) is 50.9 Å². The third-order valence-corrected chi connectivity index (χ3v) is 4.10. The van der Waals surface area contributed by atoms with E-state index in [4.69, 9.17) is 4.74 Å². The number of amides is 1. The molecule has 0 radical (unpaired) electrons. The van der Waals surface area contributed by atoms with Gasteiger partial charge in [-0.3, -0.25) is 14.4 Å². The van der Waals surface area contributed by atoms with Crippen LogP contribution in [-0.4, -0.2) is 29.3 Å². The van der Waals surface area contributed by atoms with Gasteiger partial charge in [0.25, 0.3) is 5.91 Å². The number of carbonyl (C=O) groups is 3. The summed E-state index contributed by atoms with van der Waals surface area (Å²) in [5.41, 5.74) is -0.510. The van der Waals surface area contributed by atoms with Gasteiger partial charge in [0.05, 0.1) is 12.5 Å². The van der Waals surface area contributed by atoms with Crippen LogP contribution in [0.5, 0.6) is 0 Å². The quantitative estimate of drug-likeness (QED) is 0.577. The van der Waals surface area contributed by atoms with Gasteiger partial charge in [0.2, 0.25) is 0 Å². The fourth-order valence-corrected chi connectivity index (χ4v) is 1.95. The first kappa shape index (κ1) is 20.4. The Labute approximate surface area is 148 Å². The highest BCUT2D eigenvalue weighted by Crippen LogP contribution is 2.15. The molecule has 0 bridgehead atoms. The first-order valence-corrected chi connectivity index (χ1v) is 8.20. The molecule has 0 heterocycles. The van der Waals surface area contributed by atoms with Crippen molar-refractivity contribution in [2.24, 2.45) is 5.92 Å². The fourth-order valence-electron chi connectivity index (χ4n) is 1.95. The van der Waals surface area contributed by atoms with Gasteiger partial charge in [0.1, 0.15) is 5.54 Å². The maximum Gasteiger partial charge on any atom is 0.307 e. The molecule has 0 saturated heterocycles. The number of ether oxygens (including phenoxy) is 1. The highest BCUT2D eigenvalue weighted by Gasteiger charge is 2.32. The van der Waals surface area contributed by atoms with Crippen LogP contribution in [0.4, 0.5) is 0 Å². The first-order chi connectivity index (χ1) is 11.7. The van der Waals surface area contributed by atoms with Gasteiger partial charge >= 0.3 is 5.97 Å². The smallest absolute Gasteiger partial charge is 0.307 e. The molecule has 0 unspecified atom stereocenters. The van der Waals surface area contributed by atoms with Crippen LogP contribution in [0, 0.1) is 17.2 Å². The van der Waals surface area contributed by atoms with Crippen LogP contribution >= 0.6 is 0 Å². The molecule has 134 valence electrons. The lowest BCUT2D eigenvalue weighted by Gasteiger charge is -2.28. The lowest BCUT2D eigenvalue weighted by Crippen LogP contribution is -2.52. The number of carbonyl (C=O) groups excluding carboxylic acids is 3. The maximum absolute atomic E-state index is 12.1. The van der Waals surface area contributed by atoms with Crippen LogP contribution in [0.2, 0.25) is 0 Å². The van der Waals surface area contributed by atoms with Crippen molar-refractivity contribution in [2.75, 3.05) is 0 Å². The summed E-state index contributed by atoms with van der Waals surface area (Å²) in [6, 6.07) is 10.7. The second kappa shape index (κ2) is 8.97. The van der Waals surface area contributed by atoms with E-state index in [1.165, 1.54) is 6.92 Å². The molecule has 1 rings (SSSR count). The number of rotatable bonds is 8. The molecule has 1 amide bonds. The van der Waals surface area contributed by atoms with Crippen LogP contribution in [0.15, 0.2) is 30.3 Å². The lowest BCUT2D eigenvalue weighted by molar-refractivity contribution is -0.155. The van der Waals surface area contributed by atoms with Crippen molar-refractivity contribution in [3.05, 3.63) is 35.9 Å². The number of ketones is 1. The van der Waals surface area contributed by atoms with Gasteiger partial charge in [0, 0.05) is 12.0 Å². The van der Waals surface area contributed by atoms with E-state index in [1.807, 2.05) is 13.8 Å². The van der Waals surface area contributed by atoms with E-state index in [-0.39, 0.29) is 24.5 Å². The molecule has 0 spiro atoms. The summed E-state index contributed by atoms with van der Waals surface area (Å²) in [6.45, 7) is 6.68. The highest BCUT2D eigenvalue weighted by atomic mass is 16.5. The van der Waals surface area contributed by atoms with E-state index >= 15 is 0 Å². The number of nitrogens with zero attached hydrogens (tertiary/aromatic N) is 1. The van der Waals surface area contributed by atoms with Gasteiger partial charge in [-0.2, -0.15) is 5.26 Å². The monoisotopic (exact) mass is 344 g/mol. The molecule has 6 nitrogen and oxygen atoms in total. The predicted molar refractivity (Wildman–Crippen MR) is 92.6 cm³/mol. The average Bonchev–Trinajstić information content (AvgIpc) is 2.59. The van der Waals surface area contributed by atoms with Crippen molar-refractivity contribution in [2.45, 2.75) is 52.2 Å². The SMILES string of the molecule is CC(C)[C@@](C)(C#N)NC(=O)[C@H](C)OC(=O)CCC(=O)c1ccccc1. The number of nitrogens with one attached hydrogen (secondary N) is 1. The molecule has 0 saturated carbocycles. The lowest BCUT2D eigenvalue weighted by atomic mass is 9.90. The summed E-state index contributed by atoms with van der Waals surface area (Å²) in [5, 5.41) is 11.8. The van der Waals surface area contributed by atoms with Crippen molar-refractivity contribution in [1.82, 2.24) is 5.32 Å². The minimum absolute atomic E-state index is 0.0130. The van der Waals surface area contributed by atoms with Gasteiger partial charge in [-0.05, 0) is 19.8 Å². The van der Waals surface area contributed by atoms with Crippen molar-refractivity contribution in [3.8, 4) is 6.07 Å². The molecule has 1 aromatic rings. The molecule has 0 aliphatic rings. The van der Waals surface area contributed by atoms with E-state index in [9.17, 15) is 19.6 Å². The first-order valence-electron chi connectivity index (χ1n) is 8.20. The number of benzene rings is 1. The topological polar surface area (TPSA) is 96.3 Å². The third kappa shape index (κ3) is 6.03. The second-order valence-electron chi connectivity index (χ2n) is 6.38. The Hall–Kier alpha value is -2.68. The van der Waals surface area contributed by atoms with Crippen molar-refractivity contribution in [3.63, 3.8) is 0 Å². The normalized spacial score (nSPS) is 14.1. The Morgan fingerprint density at radius 2 is 1.76 bits per heavy atom. The van der Waals surface area contributed by atoms with Gasteiger partial charge in [-0.25, -0.2) is 0 Å². The Kier molecular flexibility index (Phi) is 7.31. The number of nitriles is 1. The zero-order valence-corrected chi connectivity index (χ0v) is 15.0. The summed E-state index contributed by atoms with van der Waals surface area (Å²) < 4.78 is 5.06. The summed E-state index contributed by atoms with van der Waals surface area (Å²) >= 11 is 0. The summed E-state index contributed by atoms with van der Waals surface area (Å²) in [5.74, 6) is -1.44. The van der Waals surface area contributed by atoms with E-state index in [1.54, 1.807) is 37.3 Å². The second-order valence-corrected chi connectivity index (χ2v) is 6.38. The van der Waals surface area contributed by atoms with E-state index < -0.39 is 23.5 Å². The molecule has 1 aromatic carbocycles. The zero-order chi connectivity index (χ0) is 19.0. The van der Waals surface area contributed by atoms with Gasteiger partial charge in [-0.1, -0.05) is 44.2 Å². The fraction of sp³-hybridized carbons (Fsp3) is 0.474. The maximum atomic E-state index is 12.1. The number of hydrogen-bond acceptors (Lipinski definition) is 5. The molecular weight excluding hydrogens is 320 g/mol. The largest absolute Gasteiger partial charge is 0.453 e.